The zero-order valence-electron chi connectivity index (χ0n) is 9.14. The summed E-state index contributed by atoms with van der Waals surface area (Å²) in [5.74, 6) is -0.151. The van der Waals surface area contributed by atoms with Gasteiger partial charge in [0, 0.05) is 6.92 Å². The molecule has 0 radical (unpaired) electrons. The van der Waals surface area contributed by atoms with Gasteiger partial charge >= 0.3 is 5.97 Å². The van der Waals surface area contributed by atoms with Gasteiger partial charge in [0.25, 0.3) is 0 Å². The summed E-state index contributed by atoms with van der Waals surface area (Å²) in [7, 11) is 0. The topological polar surface area (TPSA) is 26.3 Å². The Labute approximate surface area is 81.7 Å². The second-order valence-electron chi connectivity index (χ2n) is 3.49. The van der Waals surface area contributed by atoms with Crippen molar-refractivity contribution in [1.29, 1.82) is 0 Å². The van der Waals surface area contributed by atoms with E-state index in [4.69, 9.17) is 4.74 Å². The molecule has 13 heavy (non-hydrogen) atoms. The molecule has 0 aromatic rings. The molecule has 0 bridgehead atoms. The standard InChI is InChI=1S/C11H22O2/c1-4-6-7-8-9-11(5-2)13-10(3)12/h11H,4-9H2,1-3H3/t11-/m0/s1. The molecule has 0 rings (SSSR count). The summed E-state index contributed by atoms with van der Waals surface area (Å²) in [5, 5.41) is 0. The van der Waals surface area contributed by atoms with Gasteiger partial charge in [-0.25, -0.2) is 0 Å². The number of hydrogen-bond donors (Lipinski definition) is 0. The van der Waals surface area contributed by atoms with Crippen LogP contribution in [0.4, 0.5) is 0 Å². The molecule has 78 valence electrons. The Bertz CT molecular complexity index is 132. The minimum Gasteiger partial charge on any atom is -0.463 e. The van der Waals surface area contributed by atoms with Gasteiger partial charge in [-0.15, -0.1) is 0 Å². The zero-order valence-corrected chi connectivity index (χ0v) is 9.14. The minimum absolute atomic E-state index is 0.148. The number of rotatable bonds is 7. The van der Waals surface area contributed by atoms with Gasteiger partial charge < -0.3 is 4.74 Å². The maximum absolute atomic E-state index is 10.7. The second-order valence-corrected chi connectivity index (χ2v) is 3.49. The molecule has 0 unspecified atom stereocenters. The van der Waals surface area contributed by atoms with Crippen molar-refractivity contribution in [2.45, 2.75) is 65.4 Å². The van der Waals surface area contributed by atoms with Gasteiger partial charge in [-0.1, -0.05) is 33.1 Å². The number of ether oxygens (including phenoxy) is 1. The van der Waals surface area contributed by atoms with E-state index < -0.39 is 0 Å². The van der Waals surface area contributed by atoms with Gasteiger partial charge in [0.2, 0.25) is 0 Å². The van der Waals surface area contributed by atoms with Gasteiger partial charge in [-0.2, -0.15) is 0 Å². The fourth-order valence-corrected chi connectivity index (χ4v) is 1.38. The van der Waals surface area contributed by atoms with Crippen LogP contribution in [0.3, 0.4) is 0 Å². The molecule has 0 spiro atoms. The van der Waals surface area contributed by atoms with Crippen LogP contribution in [0.5, 0.6) is 0 Å². The Morgan fingerprint density at radius 2 is 1.92 bits per heavy atom. The first-order valence-electron chi connectivity index (χ1n) is 5.37. The maximum Gasteiger partial charge on any atom is 0.302 e. The number of carbonyl (C=O) groups is 1. The maximum atomic E-state index is 10.7. The van der Waals surface area contributed by atoms with Crippen LogP contribution < -0.4 is 0 Å². The molecule has 0 saturated carbocycles. The summed E-state index contributed by atoms with van der Waals surface area (Å²) in [6.07, 6.45) is 7.09. The van der Waals surface area contributed by atoms with Gasteiger partial charge in [-0.05, 0) is 19.3 Å². The summed E-state index contributed by atoms with van der Waals surface area (Å²) >= 11 is 0. The van der Waals surface area contributed by atoms with Crippen LogP contribution in [0.15, 0.2) is 0 Å². The molecule has 0 heterocycles. The molecule has 1 atom stereocenters. The molecular weight excluding hydrogens is 164 g/mol. The molecule has 2 heteroatoms. The quantitative estimate of drug-likeness (QED) is 0.450. The third-order valence-corrected chi connectivity index (χ3v) is 2.17. The van der Waals surface area contributed by atoms with Crippen molar-refractivity contribution in [2.24, 2.45) is 0 Å². The van der Waals surface area contributed by atoms with Crippen LogP contribution >= 0.6 is 0 Å². The Kier molecular flexibility index (Phi) is 7.76. The highest BCUT2D eigenvalue weighted by Gasteiger charge is 2.08. The molecule has 0 amide bonds. The largest absolute Gasteiger partial charge is 0.463 e. The lowest BCUT2D eigenvalue weighted by molar-refractivity contribution is -0.146. The predicted octanol–water partition coefficient (Wildman–Crippen LogP) is 3.30. The molecular formula is C11H22O2. The predicted molar refractivity (Wildman–Crippen MR) is 54.6 cm³/mol. The lowest BCUT2D eigenvalue weighted by atomic mass is 10.1. The number of carbonyl (C=O) groups excluding carboxylic acids is 1. The summed E-state index contributed by atoms with van der Waals surface area (Å²) in [6, 6.07) is 0. The van der Waals surface area contributed by atoms with E-state index in [0.717, 1.165) is 12.8 Å². The molecule has 0 aliphatic rings. The average molecular weight is 186 g/mol. The van der Waals surface area contributed by atoms with E-state index in [0.29, 0.717) is 0 Å². The van der Waals surface area contributed by atoms with Crippen LogP contribution in [-0.2, 0) is 9.53 Å². The van der Waals surface area contributed by atoms with E-state index in [-0.39, 0.29) is 12.1 Å². The smallest absolute Gasteiger partial charge is 0.302 e. The Balaban J connectivity index is 3.42. The highest BCUT2D eigenvalue weighted by atomic mass is 16.5. The average Bonchev–Trinajstić information content (AvgIpc) is 2.09. The summed E-state index contributed by atoms with van der Waals surface area (Å²) < 4.78 is 5.14. The Hall–Kier alpha value is -0.530. The molecule has 2 nitrogen and oxygen atoms in total. The Morgan fingerprint density at radius 1 is 1.23 bits per heavy atom. The second kappa shape index (κ2) is 8.09. The first kappa shape index (κ1) is 12.5. The number of unbranched alkanes of at least 4 members (excludes halogenated alkanes) is 3. The van der Waals surface area contributed by atoms with Gasteiger partial charge in [0.05, 0.1) is 0 Å². The number of esters is 1. The third-order valence-electron chi connectivity index (χ3n) is 2.17. The lowest BCUT2D eigenvalue weighted by Crippen LogP contribution is -2.14. The number of hydrogen-bond acceptors (Lipinski definition) is 2. The molecule has 0 aliphatic carbocycles. The normalized spacial score (nSPS) is 12.5. The summed E-state index contributed by atoms with van der Waals surface area (Å²) in [5.41, 5.74) is 0. The van der Waals surface area contributed by atoms with Crippen LogP contribution in [0.25, 0.3) is 0 Å². The summed E-state index contributed by atoms with van der Waals surface area (Å²) in [6.45, 7) is 5.74. The molecule has 0 aromatic carbocycles. The van der Waals surface area contributed by atoms with Crippen molar-refractivity contribution in [3.8, 4) is 0 Å². The monoisotopic (exact) mass is 186 g/mol. The molecule has 0 aromatic heterocycles. The van der Waals surface area contributed by atoms with Crippen molar-refractivity contribution >= 4 is 5.97 Å². The molecule has 0 N–H and O–H groups in total. The minimum atomic E-state index is -0.151. The van der Waals surface area contributed by atoms with Crippen molar-refractivity contribution in [2.75, 3.05) is 0 Å². The van der Waals surface area contributed by atoms with Gasteiger partial charge in [-0.3, -0.25) is 4.79 Å². The van der Waals surface area contributed by atoms with Crippen molar-refractivity contribution in [3.63, 3.8) is 0 Å². The Morgan fingerprint density at radius 3 is 2.38 bits per heavy atom. The van der Waals surface area contributed by atoms with E-state index in [9.17, 15) is 4.79 Å². The summed E-state index contributed by atoms with van der Waals surface area (Å²) in [4.78, 5) is 10.7. The van der Waals surface area contributed by atoms with E-state index >= 15 is 0 Å². The highest BCUT2D eigenvalue weighted by Crippen LogP contribution is 2.10. The van der Waals surface area contributed by atoms with Gasteiger partial charge in [0.1, 0.15) is 6.10 Å². The van der Waals surface area contributed by atoms with E-state index in [1.165, 1.54) is 32.6 Å². The highest BCUT2D eigenvalue weighted by molar-refractivity contribution is 5.66. The molecule has 0 aliphatic heterocycles. The van der Waals surface area contributed by atoms with Gasteiger partial charge in [0.15, 0.2) is 0 Å². The fraction of sp³-hybridized carbons (Fsp3) is 0.909. The van der Waals surface area contributed by atoms with E-state index in [1.807, 2.05) is 0 Å². The first-order chi connectivity index (χ1) is 6.20. The molecule has 0 fully saturated rings. The van der Waals surface area contributed by atoms with Crippen LogP contribution in [-0.4, -0.2) is 12.1 Å². The SMILES string of the molecule is CCCCCC[C@H](CC)OC(C)=O. The van der Waals surface area contributed by atoms with Crippen LogP contribution in [0, 0.1) is 0 Å². The fourth-order valence-electron chi connectivity index (χ4n) is 1.38. The van der Waals surface area contributed by atoms with E-state index in [2.05, 4.69) is 13.8 Å². The zero-order chi connectivity index (χ0) is 10.1. The lowest BCUT2D eigenvalue weighted by Gasteiger charge is -2.14. The van der Waals surface area contributed by atoms with E-state index in [1.54, 1.807) is 0 Å². The molecule has 0 saturated heterocycles. The third kappa shape index (κ3) is 7.82. The van der Waals surface area contributed by atoms with Crippen molar-refractivity contribution < 1.29 is 9.53 Å². The van der Waals surface area contributed by atoms with Crippen molar-refractivity contribution in [1.82, 2.24) is 0 Å². The van der Waals surface area contributed by atoms with Crippen molar-refractivity contribution in [3.05, 3.63) is 0 Å². The first-order valence-corrected chi connectivity index (χ1v) is 5.37. The van der Waals surface area contributed by atoms with Crippen LogP contribution in [0.1, 0.15) is 59.3 Å². The van der Waals surface area contributed by atoms with Crippen LogP contribution in [0.2, 0.25) is 0 Å².